The van der Waals surface area contributed by atoms with E-state index in [0.717, 1.165) is 0 Å². The number of hydrogen-bond donors (Lipinski definition) is 2. The molecule has 1 fully saturated rings. The number of piperidine rings is 1. The Morgan fingerprint density at radius 3 is 2.93 bits per heavy atom. The molecule has 0 spiro atoms. The molecule has 0 radical (unpaired) electrons. The second-order valence-corrected chi connectivity index (χ2v) is 7.86. The van der Waals surface area contributed by atoms with E-state index in [1.54, 1.807) is 16.5 Å². The maximum Gasteiger partial charge on any atom is 0.337 e. The number of carboxylic acids is 1. The topological polar surface area (TPSA) is 104 Å². The fourth-order valence-corrected chi connectivity index (χ4v) is 4.09. The molecule has 0 saturated carbocycles. The predicted octanol–water partition coefficient (Wildman–Crippen LogP) is 1.88. The number of aliphatic imine (C=N–C) groups is 1. The highest BCUT2D eigenvalue weighted by Gasteiger charge is 2.40. The van der Waals surface area contributed by atoms with Gasteiger partial charge in [-0.1, -0.05) is 0 Å². The third-order valence-corrected chi connectivity index (χ3v) is 5.72. The fourth-order valence-electron chi connectivity index (χ4n) is 3.49. The Balaban J connectivity index is 1.83. The molecule has 29 heavy (non-hydrogen) atoms. The molecule has 1 atom stereocenters. The molecule has 0 bridgehead atoms. The van der Waals surface area contributed by atoms with Gasteiger partial charge < -0.3 is 15.2 Å². The lowest BCUT2D eigenvalue weighted by Crippen LogP contribution is -2.51. The Morgan fingerprint density at radius 2 is 2.28 bits per heavy atom. The molecule has 0 aliphatic carbocycles. The van der Waals surface area contributed by atoms with Crippen LogP contribution in [-0.2, 0) is 14.3 Å². The summed E-state index contributed by atoms with van der Waals surface area (Å²) in [5.74, 6) is -3.95. The summed E-state index contributed by atoms with van der Waals surface area (Å²) in [5.41, 5.74) is 0.689. The van der Waals surface area contributed by atoms with E-state index in [-0.39, 0.29) is 50.4 Å². The smallest absolute Gasteiger partial charge is 0.337 e. The van der Waals surface area contributed by atoms with Crippen LogP contribution in [0.15, 0.2) is 27.8 Å². The second kappa shape index (κ2) is 8.95. The van der Waals surface area contributed by atoms with Crippen molar-refractivity contribution in [1.29, 1.82) is 0 Å². The van der Waals surface area contributed by atoms with Crippen molar-refractivity contribution >= 4 is 29.1 Å². The summed E-state index contributed by atoms with van der Waals surface area (Å²) >= 11 is 1.36. The molecule has 0 amide bonds. The van der Waals surface area contributed by atoms with E-state index < -0.39 is 24.4 Å². The minimum Gasteiger partial charge on any atom is -0.481 e. The molecule has 0 aromatic carbocycles. The number of nitrogens with zero attached hydrogens (tertiary/aromatic N) is 3. The molecular formula is C18H22F2N4O4S. The first-order valence-corrected chi connectivity index (χ1v) is 10.0. The van der Waals surface area contributed by atoms with Gasteiger partial charge in [-0.05, 0) is 12.8 Å². The van der Waals surface area contributed by atoms with Gasteiger partial charge in [0, 0.05) is 42.7 Å². The number of carbonyl (C=O) groups excluding carboxylic acids is 1. The van der Waals surface area contributed by atoms with Crippen LogP contribution in [0.2, 0.25) is 0 Å². The van der Waals surface area contributed by atoms with Crippen molar-refractivity contribution in [2.75, 3.05) is 26.7 Å². The SMILES string of the molecule is COC(=O)C1=C(CN2CC(F)(F)CCC2CCC(=O)O)NC(c2nccs2)=NC1. The number of alkyl halides is 2. The van der Waals surface area contributed by atoms with Gasteiger partial charge in [0.2, 0.25) is 0 Å². The summed E-state index contributed by atoms with van der Waals surface area (Å²) in [4.78, 5) is 33.2. The lowest BCUT2D eigenvalue weighted by atomic mass is 9.95. The number of thiazole rings is 1. The first-order chi connectivity index (χ1) is 13.8. The van der Waals surface area contributed by atoms with Crippen molar-refractivity contribution < 1.29 is 28.2 Å². The van der Waals surface area contributed by atoms with Gasteiger partial charge in [0.15, 0.2) is 10.8 Å². The molecule has 8 nitrogen and oxygen atoms in total. The van der Waals surface area contributed by atoms with Gasteiger partial charge in [-0.25, -0.2) is 18.6 Å². The molecule has 158 valence electrons. The van der Waals surface area contributed by atoms with Crippen LogP contribution in [0, 0.1) is 0 Å². The number of aromatic nitrogens is 1. The summed E-state index contributed by atoms with van der Waals surface area (Å²) in [6.07, 6.45) is 1.69. The van der Waals surface area contributed by atoms with E-state index in [2.05, 4.69) is 15.3 Å². The number of nitrogens with one attached hydrogen (secondary N) is 1. The molecule has 1 aromatic rings. The Labute approximate surface area is 170 Å². The molecular weight excluding hydrogens is 406 g/mol. The number of aliphatic carboxylic acids is 1. The number of rotatable bonds is 7. The summed E-state index contributed by atoms with van der Waals surface area (Å²) in [5, 5.41) is 14.4. The highest BCUT2D eigenvalue weighted by Crippen LogP contribution is 2.32. The predicted molar refractivity (Wildman–Crippen MR) is 102 cm³/mol. The Morgan fingerprint density at radius 1 is 1.48 bits per heavy atom. The molecule has 2 N–H and O–H groups in total. The van der Waals surface area contributed by atoms with E-state index in [0.29, 0.717) is 16.5 Å². The van der Waals surface area contributed by atoms with Crippen LogP contribution in [0.5, 0.6) is 0 Å². The van der Waals surface area contributed by atoms with Crippen LogP contribution in [0.25, 0.3) is 0 Å². The van der Waals surface area contributed by atoms with Crippen molar-refractivity contribution in [3.05, 3.63) is 27.9 Å². The average Bonchev–Trinajstić information content (AvgIpc) is 3.21. The van der Waals surface area contributed by atoms with E-state index in [9.17, 15) is 18.4 Å². The molecule has 2 aliphatic heterocycles. The molecule has 3 rings (SSSR count). The highest BCUT2D eigenvalue weighted by molar-refractivity contribution is 7.11. The Bertz CT molecular complexity index is 826. The second-order valence-electron chi connectivity index (χ2n) is 6.96. The highest BCUT2D eigenvalue weighted by atomic mass is 32.1. The van der Waals surface area contributed by atoms with E-state index >= 15 is 0 Å². The zero-order valence-corrected chi connectivity index (χ0v) is 16.7. The largest absolute Gasteiger partial charge is 0.481 e. The van der Waals surface area contributed by atoms with Crippen molar-refractivity contribution in [1.82, 2.24) is 15.2 Å². The summed E-state index contributed by atoms with van der Waals surface area (Å²) in [7, 11) is 1.25. The zero-order chi connectivity index (χ0) is 21.0. The monoisotopic (exact) mass is 428 g/mol. The molecule has 1 unspecified atom stereocenters. The third kappa shape index (κ3) is 5.36. The maximum atomic E-state index is 14.1. The van der Waals surface area contributed by atoms with Crippen LogP contribution in [0.3, 0.4) is 0 Å². The quantitative estimate of drug-likeness (QED) is 0.639. The molecule has 3 heterocycles. The molecule has 2 aliphatic rings. The lowest BCUT2D eigenvalue weighted by molar-refractivity contribution is -0.138. The van der Waals surface area contributed by atoms with Crippen molar-refractivity contribution in [2.24, 2.45) is 4.99 Å². The van der Waals surface area contributed by atoms with E-state index in [1.807, 2.05) is 0 Å². The van der Waals surface area contributed by atoms with Crippen molar-refractivity contribution in [3.8, 4) is 0 Å². The van der Waals surface area contributed by atoms with Gasteiger partial charge in [0.25, 0.3) is 5.92 Å². The number of amidine groups is 1. The zero-order valence-electron chi connectivity index (χ0n) is 15.9. The number of esters is 1. The van der Waals surface area contributed by atoms with Gasteiger partial charge in [-0.2, -0.15) is 0 Å². The van der Waals surface area contributed by atoms with Crippen molar-refractivity contribution in [3.63, 3.8) is 0 Å². The normalized spacial score (nSPS) is 22.0. The summed E-state index contributed by atoms with van der Waals surface area (Å²) in [6.45, 7) is -0.413. The first kappa shape index (κ1) is 21.3. The van der Waals surface area contributed by atoms with Gasteiger partial charge in [0.1, 0.15) is 0 Å². The van der Waals surface area contributed by atoms with E-state index in [4.69, 9.17) is 9.84 Å². The minimum absolute atomic E-state index is 0.0364. The van der Waals surface area contributed by atoms with Gasteiger partial charge in [-0.15, -0.1) is 11.3 Å². The lowest BCUT2D eigenvalue weighted by Gasteiger charge is -2.40. The number of ether oxygens (including phenoxy) is 1. The van der Waals surface area contributed by atoms with Gasteiger partial charge in [0.05, 0.1) is 25.8 Å². The number of hydrogen-bond acceptors (Lipinski definition) is 8. The van der Waals surface area contributed by atoms with Crippen LogP contribution >= 0.6 is 11.3 Å². The van der Waals surface area contributed by atoms with Crippen LogP contribution in [0.1, 0.15) is 30.7 Å². The number of carboxylic acid groups (broad SMARTS) is 1. The van der Waals surface area contributed by atoms with Crippen LogP contribution in [-0.4, -0.2) is 71.5 Å². The van der Waals surface area contributed by atoms with E-state index in [1.165, 1.54) is 18.4 Å². The first-order valence-electron chi connectivity index (χ1n) is 9.14. The van der Waals surface area contributed by atoms with Crippen molar-refractivity contribution in [2.45, 2.75) is 37.6 Å². The van der Waals surface area contributed by atoms with Gasteiger partial charge >= 0.3 is 11.9 Å². The third-order valence-electron chi connectivity index (χ3n) is 4.94. The van der Waals surface area contributed by atoms with Gasteiger partial charge in [-0.3, -0.25) is 14.7 Å². The fraction of sp³-hybridized carbons (Fsp3) is 0.556. The number of likely N-dealkylation sites (tertiary alicyclic amines) is 1. The summed E-state index contributed by atoms with van der Waals surface area (Å²) in [6, 6.07) is -0.318. The minimum atomic E-state index is -2.87. The Hall–Kier alpha value is -2.40. The number of halogens is 2. The summed E-state index contributed by atoms with van der Waals surface area (Å²) < 4.78 is 33.0. The number of methoxy groups -OCH3 is 1. The van der Waals surface area contributed by atoms with Crippen LogP contribution < -0.4 is 5.32 Å². The molecule has 1 aromatic heterocycles. The maximum absolute atomic E-state index is 14.1. The number of carbonyl (C=O) groups is 2. The standard InChI is InChI=1S/C18H22F2N4O4S/c1-28-17(27)12-8-22-15(16-21-6-7-29-16)23-13(12)9-24-10-18(19,20)5-4-11(24)2-3-14(25)26/h6-7,11H,2-5,8-10H2,1H3,(H,22,23)(H,25,26). The molecule has 1 saturated heterocycles. The van der Waals surface area contributed by atoms with Crippen LogP contribution in [0.4, 0.5) is 8.78 Å². The Kier molecular flexibility index (Phi) is 6.58. The molecule has 11 heteroatoms. The average molecular weight is 428 g/mol.